The summed E-state index contributed by atoms with van der Waals surface area (Å²) in [6.45, 7) is 1.81. The number of amides is 1. The van der Waals surface area contributed by atoms with Gasteiger partial charge in [0.15, 0.2) is 0 Å². The van der Waals surface area contributed by atoms with E-state index in [-0.39, 0.29) is 11.3 Å². The van der Waals surface area contributed by atoms with Gasteiger partial charge in [0.1, 0.15) is 10.8 Å². The summed E-state index contributed by atoms with van der Waals surface area (Å²) in [5, 5.41) is 23.2. The SMILES string of the molecule is Cc1nnc(NC(=O)c2ccc3ccccc3c2O)s1. The van der Waals surface area contributed by atoms with Crippen molar-refractivity contribution in [2.24, 2.45) is 0 Å². The number of rotatable bonds is 2. The number of aryl methyl sites for hydroxylation is 1. The topological polar surface area (TPSA) is 75.1 Å². The van der Waals surface area contributed by atoms with Crippen LogP contribution in [0.4, 0.5) is 5.13 Å². The Bertz CT molecular complexity index is 798. The van der Waals surface area contributed by atoms with Gasteiger partial charge < -0.3 is 5.11 Å². The van der Waals surface area contributed by atoms with Crippen LogP contribution in [-0.4, -0.2) is 21.2 Å². The number of carbonyl (C=O) groups excluding carboxylic acids is 1. The highest BCUT2D eigenvalue weighted by Gasteiger charge is 2.15. The first-order valence-corrected chi connectivity index (χ1v) is 6.79. The number of fused-ring (bicyclic) bond motifs is 1. The van der Waals surface area contributed by atoms with E-state index in [2.05, 4.69) is 15.5 Å². The Hall–Kier alpha value is -2.47. The largest absolute Gasteiger partial charge is 0.506 e. The minimum atomic E-state index is -0.399. The van der Waals surface area contributed by atoms with Crippen molar-refractivity contribution in [3.05, 3.63) is 47.0 Å². The fourth-order valence-electron chi connectivity index (χ4n) is 1.95. The van der Waals surface area contributed by atoms with Crippen LogP contribution in [0.15, 0.2) is 36.4 Å². The number of hydrogen-bond donors (Lipinski definition) is 2. The Morgan fingerprint density at radius 2 is 2.00 bits per heavy atom. The van der Waals surface area contributed by atoms with Crippen LogP contribution in [0.2, 0.25) is 0 Å². The fourth-order valence-corrected chi connectivity index (χ4v) is 2.54. The van der Waals surface area contributed by atoms with Gasteiger partial charge >= 0.3 is 0 Å². The molecule has 0 bridgehead atoms. The van der Waals surface area contributed by atoms with Crippen LogP contribution >= 0.6 is 11.3 Å². The van der Waals surface area contributed by atoms with Gasteiger partial charge in [-0.25, -0.2) is 0 Å². The van der Waals surface area contributed by atoms with Crippen LogP contribution in [0.25, 0.3) is 10.8 Å². The molecule has 0 unspecified atom stereocenters. The highest BCUT2D eigenvalue weighted by molar-refractivity contribution is 7.15. The number of hydrogen-bond acceptors (Lipinski definition) is 5. The van der Waals surface area contributed by atoms with Crippen LogP contribution in [0, 0.1) is 6.92 Å². The maximum atomic E-state index is 12.2. The van der Waals surface area contributed by atoms with Crippen molar-refractivity contribution in [1.29, 1.82) is 0 Å². The molecule has 2 N–H and O–H groups in total. The second-order valence-corrected chi connectivity index (χ2v) is 5.44. The first-order chi connectivity index (χ1) is 9.65. The van der Waals surface area contributed by atoms with Crippen LogP contribution in [0.5, 0.6) is 5.75 Å². The molecule has 100 valence electrons. The molecule has 0 atom stereocenters. The van der Waals surface area contributed by atoms with Gasteiger partial charge in [-0.2, -0.15) is 0 Å². The number of phenolic OH excluding ortho intramolecular Hbond substituents is 1. The minimum absolute atomic E-state index is 0.0261. The molecule has 6 heteroatoms. The van der Waals surface area contributed by atoms with E-state index in [9.17, 15) is 9.90 Å². The van der Waals surface area contributed by atoms with Crippen LogP contribution < -0.4 is 5.32 Å². The van der Waals surface area contributed by atoms with Crippen molar-refractivity contribution < 1.29 is 9.90 Å². The first-order valence-electron chi connectivity index (χ1n) is 5.97. The van der Waals surface area contributed by atoms with E-state index in [1.54, 1.807) is 25.1 Å². The minimum Gasteiger partial charge on any atom is -0.506 e. The lowest BCUT2D eigenvalue weighted by Gasteiger charge is -2.07. The number of benzene rings is 2. The molecule has 0 saturated heterocycles. The molecule has 3 rings (SSSR count). The van der Waals surface area contributed by atoms with Gasteiger partial charge in [-0.05, 0) is 18.4 Å². The molecule has 0 saturated carbocycles. The Labute approximate surface area is 118 Å². The molecule has 0 aliphatic carbocycles. The Kier molecular flexibility index (Phi) is 3.08. The van der Waals surface area contributed by atoms with Gasteiger partial charge in [0.05, 0.1) is 5.56 Å². The van der Waals surface area contributed by atoms with Crippen molar-refractivity contribution in [3.63, 3.8) is 0 Å². The predicted molar refractivity (Wildman–Crippen MR) is 78.2 cm³/mol. The molecule has 1 heterocycles. The summed E-state index contributed by atoms with van der Waals surface area (Å²) in [6.07, 6.45) is 0. The van der Waals surface area contributed by atoms with Crippen molar-refractivity contribution in [2.45, 2.75) is 6.92 Å². The normalized spacial score (nSPS) is 10.7. The summed E-state index contributed by atoms with van der Waals surface area (Å²) in [6, 6.07) is 10.8. The number of aromatic hydroxyl groups is 1. The summed E-state index contributed by atoms with van der Waals surface area (Å²) < 4.78 is 0. The maximum absolute atomic E-state index is 12.2. The summed E-state index contributed by atoms with van der Waals surface area (Å²) in [7, 11) is 0. The zero-order valence-electron chi connectivity index (χ0n) is 10.6. The van der Waals surface area contributed by atoms with Crippen LogP contribution in [-0.2, 0) is 0 Å². The summed E-state index contributed by atoms with van der Waals surface area (Å²) in [5.74, 6) is -0.425. The predicted octanol–water partition coefficient (Wildman–Crippen LogP) is 2.96. The van der Waals surface area contributed by atoms with Crippen LogP contribution in [0.3, 0.4) is 0 Å². The number of nitrogens with zero attached hydrogens (tertiary/aromatic N) is 2. The molecule has 0 radical (unpaired) electrons. The third-order valence-electron chi connectivity index (χ3n) is 2.89. The molecule has 5 nitrogen and oxygen atoms in total. The zero-order chi connectivity index (χ0) is 14.1. The lowest BCUT2D eigenvalue weighted by molar-refractivity contribution is 0.102. The second kappa shape index (κ2) is 4.90. The Morgan fingerprint density at radius 3 is 2.75 bits per heavy atom. The number of nitrogens with one attached hydrogen (secondary N) is 1. The quantitative estimate of drug-likeness (QED) is 0.759. The monoisotopic (exact) mass is 285 g/mol. The fraction of sp³-hybridized carbons (Fsp3) is 0.0714. The lowest BCUT2D eigenvalue weighted by atomic mass is 10.1. The maximum Gasteiger partial charge on any atom is 0.261 e. The highest BCUT2D eigenvalue weighted by Crippen LogP contribution is 2.29. The molecular weight excluding hydrogens is 274 g/mol. The molecule has 1 amide bonds. The lowest BCUT2D eigenvalue weighted by Crippen LogP contribution is -2.12. The van der Waals surface area contributed by atoms with E-state index in [1.807, 2.05) is 18.2 Å². The zero-order valence-corrected chi connectivity index (χ0v) is 11.4. The van der Waals surface area contributed by atoms with E-state index >= 15 is 0 Å². The molecule has 20 heavy (non-hydrogen) atoms. The van der Waals surface area contributed by atoms with E-state index in [0.717, 1.165) is 10.4 Å². The number of carbonyl (C=O) groups is 1. The van der Waals surface area contributed by atoms with E-state index in [4.69, 9.17) is 0 Å². The highest BCUT2D eigenvalue weighted by atomic mass is 32.1. The summed E-state index contributed by atoms with van der Waals surface area (Å²) in [4.78, 5) is 12.2. The Balaban J connectivity index is 1.97. The van der Waals surface area contributed by atoms with E-state index in [0.29, 0.717) is 10.5 Å². The number of phenols is 1. The molecule has 0 aliphatic rings. The van der Waals surface area contributed by atoms with Crippen molar-refractivity contribution in [3.8, 4) is 5.75 Å². The average Bonchev–Trinajstić information content (AvgIpc) is 2.84. The number of anilines is 1. The van der Waals surface area contributed by atoms with E-state index < -0.39 is 5.91 Å². The van der Waals surface area contributed by atoms with Gasteiger partial charge in [0.2, 0.25) is 5.13 Å². The summed E-state index contributed by atoms with van der Waals surface area (Å²) in [5.41, 5.74) is 0.219. The van der Waals surface area contributed by atoms with E-state index in [1.165, 1.54) is 11.3 Å². The van der Waals surface area contributed by atoms with Crippen molar-refractivity contribution in [2.75, 3.05) is 5.32 Å². The molecule has 0 fully saturated rings. The van der Waals surface area contributed by atoms with Crippen molar-refractivity contribution in [1.82, 2.24) is 10.2 Å². The van der Waals surface area contributed by atoms with Crippen molar-refractivity contribution >= 4 is 33.1 Å². The first kappa shape index (κ1) is 12.6. The average molecular weight is 285 g/mol. The van der Waals surface area contributed by atoms with Crippen LogP contribution in [0.1, 0.15) is 15.4 Å². The third kappa shape index (κ3) is 2.21. The molecule has 3 aromatic rings. The van der Waals surface area contributed by atoms with Gasteiger partial charge in [0, 0.05) is 5.39 Å². The molecule has 0 spiro atoms. The molecule has 0 aliphatic heterocycles. The van der Waals surface area contributed by atoms with Gasteiger partial charge in [-0.3, -0.25) is 10.1 Å². The summed E-state index contributed by atoms with van der Waals surface area (Å²) >= 11 is 1.28. The smallest absolute Gasteiger partial charge is 0.261 e. The standard InChI is InChI=1S/C14H11N3O2S/c1-8-16-17-14(20-8)15-13(19)11-7-6-9-4-2-3-5-10(9)12(11)18/h2-7,18H,1H3,(H,15,17,19). The number of aromatic nitrogens is 2. The van der Waals surface area contributed by atoms with Gasteiger partial charge in [-0.1, -0.05) is 41.7 Å². The second-order valence-electron chi connectivity index (χ2n) is 4.26. The molecular formula is C14H11N3O2S. The molecule has 2 aromatic carbocycles. The van der Waals surface area contributed by atoms with Gasteiger partial charge in [0.25, 0.3) is 5.91 Å². The third-order valence-corrected chi connectivity index (χ3v) is 3.65. The Morgan fingerprint density at radius 1 is 1.20 bits per heavy atom. The molecule has 1 aromatic heterocycles. The van der Waals surface area contributed by atoms with Gasteiger partial charge in [-0.15, -0.1) is 10.2 Å².